The van der Waals surface area contributed by atoms with Gasteiger partial charge < -0.3 is 10.2 Å². The zero-order valence-corrected chi connectivity index (χ0v) is 12.1. The number of amides is 1. The second-order valence-electron chi connectivity index (χ2n) is 6.47. The lowest BCUT2D eigenvalue weighted by atomic mass is 9.80. The molecule has 110 valence electrons. The molecule has 1 aromatic heterocycles. The first-order valence-electron chi connectivity index (χ1n) is 7.36. The summed E-state index contributed by atoms with van der Waals surface area (Å²) in [5, 5.41) is 8.14. The van der Waals surface area contributed by atoms with E-state index in [1.165, 1.54) is 0 Å². The van der Waals surface area contributed by atoms with Crippen LogP contribution in [0.2, 0.25) is 0 Å². The smallest absolute Gasteiger partial charge is 0.230 e. The van der Waals surface area contributed by atoms with Crippen molar-refractivity contribution in [1.29, 1.82) is 0 Å². The molecule has 0 bridgehead atoms. The molecule has 0 unspecified atom stereocenters. The van der Waals surface area contributed by atoms with Gasteiger partial charge in [0, 0.05) is 19.0 Å². The van der Waals surface area contributed by atoms with Gasteiger partial charge in [0.25, 0.3) is 0 Å². The molecule has 6 heteroatoms. The van der Waals surface area contributed by atoms with Crippen LogP contribution < -0.4 is 5.73 Å². The number of primary amides is 1. The summed E-state index contributed by atoms with van der Waals surface area (Å²) in [4.78, 5) is 14.1. The highest BCUT2D eigenvalue weighted by molar-refractivity contribution is 5.82. The summed E-state index contributed by atoms with van der Waals surface area (Å²) >= 11 is 0. The molecule has 20 heavy (non-hydrogen) atoms. The molecule has 0 spiro atoms. The van der Waals surface area contributed by atoms with Crippen molar-refractivity contribution < 1.29 is 9.21 Å². The quantitative estimate of drug-likeness (QED) is 0.896. The van der Waals surface area contributed by atoms with Gasteiger partial charge in [0.05, 0.1) is 12.0 Å². The largest absolute Gasteiger partial charge is 0.424 e. The van der Waals surface area contributed by atoms with Crippen molar-refractivity contribution in [2.45, 2.75) is 45.6 Å². The van der Waals surface area contributed by atoms with Gasteiger partial charge in [-0.25, -0.2) is 0 Å². The van der Waals surface area contributed by atoms with E-state index in [4.69, 9.17) is 10.2 Å². The van der Waals surface area contributed by atoms with Crippen LogP contribution in [0.5, 0.6) is 0 Å². The Kier molecular flexibility index (Phi) is 3.28. The SMILES string of the molecule is CC(C)c1nnc(CN2C[C@@H]3CCC[C@]3(C(N)=O)C2)o1. The number of hydrogen-bond acceptors (Lipinski definition) is 5. The molecule has 1 amide bonds. The fraction of sp³-hybridized carbons (Fsp3) is 0.786. The molecule has 1 aliphatic carbocycles. The molecule has 2 atom stereocenters. The van der Waals surface area contributed by atoms with Gasteiger partial charge in [-0.1, -0.05) is 20.3 Å². The summed E-state index contributed by atoms with van der Waals surface area (Å²) in [6.07, 6.45) is 3.13. The monoisotopic (exact) mass is 278 g/mol. The molecule has 2 heterocycles. The van der Waals surface area contributed by atoms with E-state index in [1.807, 2.05) is 13.8 Å². The zero-order valence-electron chi connectivity index (χ0n) is 12.1. The third-order valence-corrected chi connectivity index (χ3v) is 4.77. The Bertz CT molecular complexity index is 513. The predicted octanol–water partition coefficient (Wildman–Crippen LogP) is 1.28. The fourth-order valence-electron chi connectivity index (χ4n) is 3.67. The highest BCUT2D eigenvalue weighted by atomic mass is 16.4. The second kappa shape index (κ2) is 4.84. The third kappa shape index (κ3) is 2.12. The maximum atomic E-state index is 11.8. The Morgan fingerprint density at radius 3 is 2.95 bits per heavy atom. The molecule has 1 aromatic rings. The number of carbonyl (C=O) groups excluding carboxylic acids is 1. The number of carbonyl (C=O) groups is 1. The summed E-state index contributed by atoms with van der Waals surface area (Å²) in [6, 6.07) is 0. The van der Waals surface area contributed by atoms with Crippen LogP contribution in [0.15, 0.2) is 4.42 Å². The molecule has 1 aliphatic heterocycles. The Hall–Kier alpha value is -1.43. The van der Waals surface area contributed by atoms with Crippen molar-refractivity contribution in [1.82, 2.24) is 15.1 Å². The molecular formula is C14H22N4O2. The topological polar surface area (TPSA) is 85.3 Å². The van der Waals surface area contributed by atoms with Gasteiger partial charge in [0.1, 0.15) is 0 Å². The molecule has 1 saturated carbocycles. The van der Waals surface area contributed by atoms with E-state index >= 15 is 0 Å². The lowest BCUT2D eigenvalue weighted by Crippen LogP contribution is -2.40. The third-order valence-electron chi connectivity index (χ3n) is 4.77. The molecule has 3 rings (SSSR count). The van der Waals surface area contributed by atoms with E-state index in [9.17, 15) is 4.79 Å². The van der Waals surface area contributed by atoms with Gasteiger partial charge in [-0.3, -0.25) is 9.69 Å². The molecule has 1 saturated heterocycles. The summed E-state index contributed by atoms with van der Waals surface area (Å²) in [7, 11) is 0. The highest BCUT2D eigenvalue weighted by Crippen LogP contribution is 2.48. The number of likely N-dealkylation sites (tertiary alicyclic amines) is 1. The van der Waals surface area contributed by atoms with Gasteiger partial charge in [0.15, 0.2) is 0 Å². The van der Waals surface area contributed by atoms with Gasteiger partial charge in [-0.05, 0) is 18.8 Å². The molecule has 6 nitrogen and oxygen atoms in total. The van der Waals surface area contributed by atoms with Crippen molar-refractivity contribution in [3.05, 3.63) is 11.8 Å². The van der Waals surface area contributed by atoms with E-state index in [-0.39, 0.29) is 17.2 Å². The summed E-state index contributed by atoms with van der Waals surface area (Å²) in [5.41, 5.74) is 5.34. The van der Waals surface area contributed by atoms with Crippen LogP contribution in [0.3, 0.4) is 0 Å². The number of nitrogens with two attached hydrogens (primary N) is 1. The van der Waals surface area contributed by atoms with Crippen molar-refractivity contribution in [2.24, 2.45) is 17.1 Å². The van der Waals surface area contributed by atoms with Crippen LogP contribution in [0.4, 0.5) is 0 Å². The number of aromatic nitrogens is 2. The van der Waals surface area contributed by atoms with Crippen LogP contribution in [0, 0.1) is 11.3 Å². The minimum Gasteiger partial charge on any atom is -0.424 e. The second-order valence-corrected chi connectivity index (χ2v) is 6.47. The lowest BCUT2D eigenvalue weighted by Gasteiger charge is -2.24. The maximum absolute atomic E-state index is 11.8. The van der Waals surface area contributed by atoms with Gasteiger partial charge in [-0.2, -0.15) is 0 Å². The van der Waals surface area contributed by atoms with Gasteiger partial charge in [-0.15, -0.1) is 10.2 Å². The van der Waals surface area contributed by atoms with Crippen molar-refractivity contribution in [3.8, 4) is 0 Å². The minimum atomic E-state index is -0.319. The molecule has 2 fully saturated rings. The first-order chi connectivity index (χ1) is 9.51. The van der Waals surface area contributed by atoms with Crippen LogP contribution in [0.25, 0.3) is 0 Å². The van der Waals surface area contributed by atoms with Crippen LogP contribution in [0.1, 0.15) is 50.8 Å². The number of hydrogen-bond donors (Lipinski definition) is 1. The summed E-state index contributed by atoms with van der Waals surface area (Å²) in [5.74, 6) is 1.80. The van der Waals surface area contributed by atoms with E-state index in [2.05, 4.69) is 15.1 Å². The molecule has 0 aromatic carbocycles. The summed E-state index contributed by atoms with van der Waals surface area (Å²) in [6.45, 7) is 6.30. The normalized spacial score (nSPS) is 30.1. The average molecular weight is 278 g/mol. The first kappa shape index (κ1) is 13.5. The minimum absolute atomic E-state index is 0.143. The average Bonchev–Trinajstić information content (AvgIpc) is 3.02. The van der Waals surface area contributed by atoms with Crippen LogP contribution >= 0.6 is 0 Å². The lowest BCUT2D eigenvalue weighted by molar-refractivity contribution is -0.128. The van der Waals surface area contributed by atoms with E-state index in [0.29, 0.717) is 24.2 Å². The molecule has 2 N–H and O–H groups in total. The number of fused-ring (bicyclic) bond motifs is 1. The van der Waals surface area contributed by atoms with Crippen LogP contribution in [-0.2, 0) is 11.3 Å². The Labute approximate surface area is 118 Å². The molecule has 2 aliphatic rings. The molecular weight excluding hydrogens is 256 g/mol. The maximum Gasteiger partial charge on any atom is 0.230 e. The Morgan fingerprint density at radius 2 is 2.35 bits per heavy atom. The number of rotatable bonds is 4. The van der Waals surface area contributed by atoms with E-state index in [1.54, 1.807) is 0 Å². The van der Waals surface area contributed by atoms with Crippen molar-refractivity contribution >= 4 is 5.91 Å². The summed E-state index contributed by atoms with van der Waals surface area (Å²) < 4.78 is 5.64. The van der Waals surface area contributed by atoms with Gasteiger partial charge >= 0.3 is 0 Å². The van der Waals surface area contributed by atoms with E-state index < -0.39 is 0 Å². The van der Waals surface area contributed by atoms with Crippen LogP contribution in [-0.4, -0.2) is 34.1 Å². The Morgan fingerprint density at radius 1 is 1.55 bits per heavy atom. The predicted molar refractivity (Wildman–Crippen MR) is 72.6 cm³/mol. The first-order valence-corrected chi connectivity index (χ1v) is 7.36. The fourth-order valence-corrected chi connectivity index (χ4v) is 3.67. The van der Waals surface area contributed by atoms with Crippen molar-refractivity contribution in [2.75, 3.05) is 13.1 Å². The molecule has 0 radical (unpaired) electrons. The highest BCUT2D eigenvalue weighted by Gasteiger charge is 2.53. The zero-order chi connectivity index (χ0) is 14.3. The number of nitrogens with zero attached hydrogens (tertiary/aromatic N) is 3. The Balaban J connectivity index is 1.69. The van der Waals surface area contributed by atoms with Crippen molar-refractivity contribution in [3.63, 3.8) is 0 Å². The standard InChI is InChI=1S/C14H22N4O2/c1-9(2)12-17-16-11(20-12)7-18-6-10-4-3-5-14(10,8-18)13(15)19/h9-10H,3-8H2,1-2H3,(H2,15,19)/t10-,14-/m0/s1. The van der Waals surface area contributed by atoms with Gasteiger partial charge in [0.2, 0.25) is 17.7 Å². The van der Waals surface area contributed by atoms with E-state index in [0.717, 1.165) is 32.4 Å².